The van der Waals surface area contributed by atoms with E-state index in [0.29, 0.717) is 12.4 Å². The molecule has 156 valence electrons. The number of benzene rings is 3. The van der Waals surface area contributed by atoms with Crippen molar-refractivity contribution in [3.8, 4) is 28.1 Å². The van der Waals surface area contributed by atoms with Gasteiger partial charge in [-0.25, -0.2) is 9.97 Å². The van der Waals surface area contributed by atoms with E-state index in [2.05, 4.69) is 53.3 Å². The van der Waals surface area contributed by atoms with Crippen molar-refractivity contribution in [3.63, 3.8) is 0 Å². The molecular formula is C28H23N3O. The predicted octanol–water partition coefficient (Wildman–Crippen LogP) is 6.43. The van der Waals surface area contributed by atoms with Gasteiger partial charge in [-0.3, -0.25) is 0 Å². The molecule has 0 fully saturated rings. The van der Waals surface area contributed by atoms with Crippen LogP contribution in [0.4, 0.5) is 5.82 Å². The Morgan fingerprint density at radius 1 is 0.719 bits per heavy atom. The van der Waals surface area contributed by atoms with E-state index in [1.165, 1.54) is 0 Å². The van der Waals surface area contributed by atoms with Gasteiger partial charge < -0.3 is 10.5 Å². The van der Waals surface area contributed by atoms with Gasteiger partial charge in [-0.1, -0.05) is 60.7 Å². The lowest BCUT2D eigenvalue weighted by Crippen LogP contribution is -1.99. The third-order valence-corrected chi connectivity index (χ3v) is 5.53. The molecule has 5 aromatic rings. The first-order valence-electron chi connectivity index (χ1n) is 10.6. The van der Waals surface area contributed by atoms with Crippen molar-refractivity contribution in [2.75, 3.05) is 5.73 Å². The lowest BCUT2D eigenvalue weighted by Gasteiger charge is -2.13. The van der Waals surface area contributed by atoms with Crippen LogP contribution in [0.5, 0.6) is 5.75 Å². The van der Waals surface area contributed by atoms with Crippen LogP contribution in [0.25, 0.3) is 33.3 Å². The van der Waals surface area contributed by atoms with Gasteiger partial charge in [0.05, 0.1) is 16.9 Å². The lowest BCUT2D eigenvalue weighted by atomic mass is 9.96. The molecule has 0 aliphatic carbocycles. The first kappa shape index (κ1) is 19.8. The summed E-state index contributed by atoms with van der Waals surface area (Å²) in [5.74, 6) is 1.30. The second kappa shape index (κ2) is 8.52. The Morgan fingerprint density at radius 2 is 1.50 bits per heavy atom. The van der Waals surface area contributed by atoms with E-state index in [-0.39, 0.29) is 0 Å². The topological polar surface area (TPSA) is 61.0 Å². The molecule has 4 heteroatoms. The number of rotatable bonds is 5. The summed E-state index contributed by atoms with van der Waals surface area (Å²) in [6.07, 6.45) is 0. The maximum atomic E-state index is 6.01. The molecule has 0 unspecified atom stereocenters. The zero-order valence-electron chi connectivity index (χ0n) is 17.8. The fourth-order valence-electron chi connectivity index (χ4n) is 3.83. The van der Waals surface area contributed by atoms with E-state index in [1.807, 2.05) is 60.7 Å². The molecule has 4 nitrogen and oxygen atoms in total. The predicted molar refractivity (Wildman–Crippen MR) is 130 cm³/mol. The molecule has 0 aliphatic rings. The molecule has 0 radical (unpaired) electrons. The Labute approximate surface area is 187 Å². The largest absolute Gasteiger partial charge is 0.487 e. The molecule has 5 rings (SSSR count). The molecule has 0 saturated heterocycles. The minimum absolute atomic E-state index is 0.419. The molecule has 0 saturated carbocycles. The zero-order chi connectivity index (χ0) is 21.9. The molecular weight excluding hydrogens is 394 g/mol. The minimum Gasteiger partial charge on any atom is -0.487 e. The molecule has 0 aliphatic heterocycles. The first-order valence-corrected chi connectivity index (χ1v) is 10.6. The van der Waals surface area contributed by atoms with Crippen LogP contribution in [0.15, 0.2) is 97.1 Å². The van der Waals surface area contributed by atoms with Crippen molar-refractivity contribution in [3.05, 3.63) is 108 Å². The zero-order valence-corrected chi connectivity index (χ0v) is 17.8. The smallest absolute Gasteiger partial charge is 0.130 e. The normalized spacial score (nSPS) is 10.9. The third-order valence-electron chi connectivity index (χ3n) is 5.53. The lowest BCUT2D eigenvalue weighted by molar-refractivity contribution is 0.302. The maximum absolute atomic E-state index is 6.01. The molecule has 0 atom stereocenters. The average molecular weight is 418 g/mol. The van der Waals surface area contributed by atoms with Crippen LogP contribution in [0.1, 0.15) is 11.3 Å². The fourth-order valence-corrected chi connectivity index (χ4v) is 3.83. The Bertz CT molecular complexity index is 1390. The highest BCUT2D eigenvalue weighted by Crippen LogP contribution is 2.34. The van der Waals surface area contributed by atoms with Crippen molar-refractivity contribution < 1.29 is 4.74 Å². The Morgan fingerprint density at radius 3 is 2.34 bits per heavy atom. The standard InChI is InChI=1S/C28H23N3O/c1-19-6-2-4-8-24(19)28-25(16-17-27(29)31-28)20-11-14-23(15-12-20)32-18-22-13-10-21-7-3-5-9-26(21)30-22/h2-17H,18H2,1H3,(H2,29,31). The number of hydrogen-bond acceptors (Lipinski definition) is 4. The van der Waals surface area contributed by atoms with Crippen LogP contribution >= 0.6 is 0 Å². The van der Waals surface area contributed by atoms with E-state index >= 15 is 0 Å². The molecule has 2 heterocycles. The van der Waals surface area contributed by atoms with Crippen LogP contribution in [-0.2, 0) is 6.61 Å². The van der Waals surface area contributed by atoms with Crippen molar-refractivity contribution in [1.82, 2.24) is 9.97 Å². The van der Waals surface area contributed by atoms with Gasteiger partial charge in [-0.05, 0) is 54.4 Å². The molecule has 2 aromatic heterocycles. The van der Waals surface area contributed by atoms with Gasteiger partial charge in [-0.15, -0.1) is 0 Å². The summed E-state index contributed by atoms with van der Waals surface area (Å²) in [6.45, 7) is 2.50. The van der Waals surface area contributed by atoms with Gasteiger partial charge in [0.25, 0.3) is 0 Å². The van der Waals surface area contributed by atoms with E-state index in [1.54, 1.807) is 0 Å². The van der Waals surface area contributed by atoms with Gasteiger partial charge >= 0.3 is 0 Å². The number of ether oxygens (including phenoxy) is 1. The number of fused-ring (bicyclic) bond motifs is 1. The maximum Gasteiger partial charge on any atom is 0.130 e. The highest BCUT2D eigenvalue weighted by Gasteiger charge is 2.12. The summed E-state index contributed by atoms with van der Waals surface area (Å²) in [6, 6.07) is 32.3. The second-order valence-electron chi connectivity index (χ2n) is 7.76. The molecule has 0 bridgehead atoms. The summed E-state index contributed by atoms with van der Waals surface area (Å²) in [7, 11) is 0. The number of para-hydroxylation sites is 1. The van der Waals surface area contributed by atoms with E-state index in [9.17, 15) is 0 Å². The number of nitrogens with two attached hydrogens (primary N) is 1. The second-order valence-corrected chi connectivity index (χ2v) is 7.76. The van der Waals surface area contributed by atoms with E-state index in [0.717, 1.165) is 50.3 Å². The van der Waals surface area contributed by atoms with E-state index in [4.69, 9.17) is 10.5 Å². The van der Waals surface area contributed by atoms with Gasteiger partial charge in [0.1, 0.15) is 18.2 Å². The van der Waals surface area contributed by atoms with Crippen molar-refractivity contribution in [2.24, 2.45) is 0 Å². The summed E-state index contributed by atoms with van der Waals surface area (Å²) < 4.78 is 5.99. The van der Waals surface area contributed by atoms with Crippen molar-refractivity contribution >= 4 is 16.7 Å². The summed E-state index contributed by atoms with van der Waals surface area (Å²) >= 11 is 0. The Kier molecular flexibility index (Phi) is 5.26. The SMILES string of the molecule is Cc1ccccc1-c1nc(N)ccc1-c1ccc(OCc2ccc3ccccc3n2)cc1. The van der Waals surface area contributed by atoms with Crippen molar-refractivity contribution in [2.45, 2.75) is 13.5 Å². The summed E-state index contributed by atoms with van der Waals surface area (Å²) in [5, 5.41) is 1.13. The number of aryl methyl sites for hydroxylation is 1. The Hall–Kier alpha value is -4.18. The summed E-state index contributed by atoms with van der Waals surface area (Å²) in [5.41, 5.74) is 13.1. The number of nitrogens with zero attached hydrogens (tertiary/aromatic N) is 2. The first-order chi connectivity index (χ1) is 15.7. The van der Waals surface area contributed by atoms with Crippen LogP contribution in [-0.4, -0.2) is 9.97 Å². The molecule has 0 spiro atoms. The van der Waals surface area contributed by atoms with Crippen LogP contribution in [0.3, 0.4) is 0 Å². The van der Waals surface area contributed by atoms with Gasteiger partial charge in [0, 0.05) is 16.5 Å². The van der Waals surface area contributed by atoms with Crippen LogP contribution < -0.4 is 10.5 Å². The molecule has 3 aromatic carbocycles. The summed E-state index contributed by atoms with van der Waals surface area (Å²) in [4.78, 5) is 9.31. The van der Waals surface area contributed by atoms with Crippen molar-refractivity contribution in [1.29, 1.82) is 0 Å². The number of pyridine rings is 2. The van der Waals surface area contributed by atoms with Crippen LogP contribution in [0, 0.1) is 6.92 Å². The Balaban J connectivity index is 1.38. The van der Waals surface area contributed by atoms with E-state index < -0.39 is 0 Å². The fraction of sp³-hybridized carbons (Fsp3) is 0.0714. The number of nitrogen functional groups attached to an aromatic ring is 1. The third kappa shape index (κ3) is 4.03. The quantitative estimate of drug-likeness (QED) is 0.358. The number of aromatic nitrogens is 2. The molecule has 2 N–H and O–H groups in total. The monoisotopic (exact) mass is 417 g/mol. The van der Waals surface area contributed by atoms with Gasteiger partial charge in [0.2, 0.25) is 0 Å². The molecule has 32 heavy (non-hydrogen) atoms. The van der Waals surface area contributed by atoms with Gasteiger partial charge in [-0.2, -0.15) is 0 Å². The highest BCUT2D eigenvalue weighted by molar-refractivity contribution is 5.83. The number of anilines is 1. The molecule has 0 amide bonds. The van der Waals surface area contributed by atoms with Crippen LogP contribution in [0.2, 0.25) is 0 Å². The minimum atomic E-state index is 0.419. The average Bonchev–Trinajstić information content (AvgIpc) is 2.83. The highest BCUT2D eigenvalue weighted by atomic mass is 16.5. The van der Waals surface area contributed by atoms with Gasteiger partial charge in [0.15, 0.2) is 0 Å². The number of hydrogen-bond donors (Lipinski definition) is 1.